The van der Waals surface area contributed by atoms with Crippen LogP contribution >= 0.6 is 11.8 Å². The molecule has 142 valence electrons. The highest BCUT2D eigenvalue weighted by atomic mass is 32.2. The van der Waals surface area contributed by atoms with E-state index in [0.717, 1.165) is 25.0 Å². The number of benzene rings is 1. The highest BCUT2D eigenvalue weighted by Gasteiger charge is 2.31. The molecule has 1 aromatic carbocycles. The molecule has 1 fully saturated rings. The van der Waals surface area contributed by atoms with Crippen LogP contribution in [0, 0.1) is 0 Å². The summed E-state index contributed by atoms with van der Waals surface area (Å²) in [4.78, 5) is 36.7. The first-order chi connectivity index (χ1) is 12.2. The van der Waals surface area contributed by atoms with Crippen molar-refractivity contribution in [2.75, 3.05) is 13.2 Å². The highest BCUT2D eigenvalue weighted by molar-refractivity contribution is 8.00. The Morgan fingerprint density at radius 2 is 1.85 bits per heavy atom. The minimum absolute atomic E-state index is 0.0226. The number of thioether (sulfide) groups is 1. The maximum Gasteiger partial charge on any atom is 0.446 e. The Morgan fingerprint density at radius 3 is 2.42 bits per heavy atom. The zero-order valence-corrected chi connectivity index (χ0v) is 14.4. The average Bonchev–Trinajstić information content (AvgIpc) is 2.58. The van der Waals surface area contributed by atoms with Gasteiger partial charge in [0.15, 0.2) is 6.61 Å². The molecule has 0 radical (unpaired) electrons. The Labute approximate surface area is 151 Å². The van der Waals surface area contributed by atoms with E-state index >= 15 is 0 Å². The second-order valence-corrected chi connectivity index (χ2v) is 6.79. The molecule has 10 heteroatoms. The number of nitrogens with two attached hydrogens (primary N) is 1. The Balaban J connectivity index is 1.91. The summed E-state index contributed by atoms with van der Waals surface area (Å²) in [5.74, 6) is -1.98. The first-order valence-corrected chi connectivity index (χ1v) is 8.61. The number of ether oxygens (including phenoxy) is 1. The fraction of sp³-hybridized carbons (Fsp3) is 0.438. The van der Waals surface area contributed by atoms with Gasteiger partial charge in [0.25, 0.3) is 5.91 Å². The van der Waals surface area contributed by atoms with E-state index < -0.39 is 35.9 Å². The summed E-state index contributed by atoms with van der Waals surface area (Å²) < 4.78 is 41.7. The van der Waals surface area contributed by atoms with Crippen molar-refractivity contribution in [3.8, 4) is 0 Å². The number of esters is 1. The molecule has 2 amide bonds. The van der Waals surface area contributed by atoms with Gasteiger partial charge in [-0.15, -0.1) is 0 Å². The minimum Gasteiger partial charge on any atom is -0.452 e. The minimum atomic E-state index is -4.42. The molecule has 0 spiro atoms. The number of amides is 2. The zero-order chi connectivity index (χ0) is 19.3. The molecule has 1 heterocycles. The molecule has 2 N–H and O–H groups in total. The summed E-state index contributed by atoms with van der Waals surface area (Å²) in [5.41, 5.74) is 0.883. The monoisotopic (exact) mass is 390 g/mol. The summed E-state index contributed by atoms with van der Waals surface area (Å²) in [7, 11) is 0. The van der Waals surface area contributed by atoms with E-state index in [2.05, 4.69) is 0 Å². The van der Waals surface area contributed by atoms with Crippen molar-refractivity contribution in [2.24, 2.45) is 5.73 Å². The van der Waals surface area contributed by atoms with Crippen LogP contribution < -0.4 is 5.73 Å². The van der Waals surface area contributed by atoms with Gasteiger partial charge in [0.05, 0.1) is 5.56 Å². The number of carbonyl (C=O) groups is 3. The molecule has 1 saturated heterocycles. The van der Waals surface area contributed by atoms with Gasteiger partial charge in [-0.3, -0.25) is 9.59 Å². The Bertz CT molecular complexity index is 679. The number of primary amides is 1. The maximum absolute atomic E-state index is 12.3. The predicted molar refractivity (Wildman–Crippen MR) is 87.2 cm³/mol. The molecule has 2 rings (SSSR count). The zero-order valence-electron chi connectivity index (χ0n) is 13.6. The molecule has 26 heavy (non-hydrogen) atoms. The van der Waals surface area contributed by atoms with Crippen molar-refractivity contribution in [3.63, 3.8) is 0 Å². The van der Waals surface area contributed by atoms with E-state index in [9.17, 15) is 27.6 Å². The number of likely N-dealkylation sites (tertiary alicyclic amines) is 1. The molecular formula is C16H17F3N2O4S. The molecule has 1 aliphatic rings. The largest absolute Gasteiger partial charge is 0.452 e. The lowest BCUT2D eigenvalue weighted by Gasteiger charge is -2.33. The average molecular weight is 390 g/mol. The van der Waals surface area contributed by atoms with Crippen molar-refractivity contribution < 1.29 is 32.3 Å². The third kappa shape index (κ3) is 5.65. The normalized spacial score (nSPS) is 17.7. The van der Waals surface area contributed by atoms with Gasteiger partial charge in [-0.25, -0.2) is 4.79 Å². The Hall–Kier alpha value is -2.23. The van der Waals surface area contributed by atoms with E-state index in [-0.39, 0.29) is 22.2 Å². The number of alkyl halides is 3. The predicted octanol–water partition coefficient (Wildman–Crippen LogP) is 2.32. The van der Waals surface area contributed by atoms with Crippen LogP contribution in [0.4, 0.5) is 13.2 Å². The summed E-state index contributed by atoms with van der Waals surface area (Å²) in [6.07, 6.45) is 1.97. The van der Waals surface area contributed by atoms with Gasteiger partial charge < -0.3 is 15.4 Å². The van der Waals surface area contributed by atoms with Crippen LogP contribution in [0.3, 0.4) is 0 Å². The molecule has 1 atom stereocenters. The van der Waals surface area contributed by atoms with Gasteiger partial charge in [0, 0.05) is 11.4 Å². The molecule has 0 bridgehead atoms. The molecule has 0 aliphatic carbocycles. The topological polar surface area (TPSA) is 89.7 Å². The Kier molecular flexibility index (Phi) is 6.52. The smallest absolute Gasteiger partial charge is 0.446 e. The highest BCUT2D eigenvalue weighted by Crippen LogP contribution is 2.36. The summed E-state index contributed by atoms with van der Waals surface area (Å²) in [6.45, 7) is -0.213. The fourth-order valence-corrected chi connectivity index (χ4v) is 3.15. The third-order valence-electron chi connectivity index (χ3n) is 3.80. The number of rotatable bonds is 5. The van der Waals surface area contributed by atoms with Crippen LogP contribution in [0.25, 0.3) is 0 Å². The molecular weight excluding hydrogens is 373 g/mol. The van der Waals surface area contributed by atoms with E-state index in [4.69, 9.17) is 10.5 Å². The number of carbonyl (C=O) groups excluding carboxylic acids is 3. The van der Waals surface area contributed by atoms with Gasteiger partial charge >= 0.3 is 11.5 Å². The second kappa shape index (κ2) is 8.43. The summed E-state index contributed by atoms with van der Waals surface area (Å²) >= 11 is -0.296. The third-order valence-corrected chi connectivity index (χ3v) is 4.54. The number of hydrogen-bond acceptors (Lipinski definition) is 5. The number of piperidine rings is 1. The second-order valence-electron chi connectivity index (χ2n) is 5.65. The van der Waals surface area contributed by atoms with Gasteiger partial charge in [-0.2, -0.15) is 13.2 Å². The lowest BCUT2D eigenvalue weighted by molar-refractivity contribution is -0.143. The van der Waals surface area contributed by atoms with Crippen LogP contribution in [0.15, 0.2) is 29.2 Å². The molecule has 0 saturated carbocycles. The first kappa shape index (κ1) is 20.1. The SMILES string of the molecule is NC(=O)[C@H]1CCCCN1C(=O)COC(=O)c1ccc(SC(F)(F)F)cc1. The van der Waals surface area contributed by atoms with E-state index in [1.807, 2.05) is 0 Å². The summed E-state index contributed by atoms with van der Waals surface area (Å²) in [6, 6.07) is 3.95. The van der Waals surface area contributed by atoms with Crippen molar-refractivity contribution in [3.05, 3.63) is 29.8 Å². The van der Waals surface area contributed by atoms with Crippen molar-refractivity contribution >= 4 is 29.5 Å². The van der Waals surface area contributed by atoms with E-state index in [0.29, 0.717) is 13.0 Å². The maximum atomic E-state index is 12.3. The Morgan fingerprint density at radius 1 is 1.19 bits per heavy atom. The van der Waals surface area contributed by atoms with Gasteiger partial charge in [-0.05, 0) is 55.3 Å². The number of halogens is 3. The quantitative estimate of drug-likeness (QED) is 0.616. The molecule has 0 unspecified atom stereocenters. The van der Waals surface area contributed by atoms with Crippen LogP contribution in [0.5, 0.6) is 0 Å². The molecule has 1 aromatic rings. The first-order valence-electron chi connectivity index (χ1n) is 7.79. The van der Waals surface area contributed by atoms with Gasteiger partial charge in [0.2, 0.25) is 5.91 Å². The standard InChI is InChI=1S/C16H17F3N2O4S/c17-16(18,19)26-11-6-4-10(5-7-11)15(24)25-9-13(22)21-8-2-1-3-12(21)14(20)23/h4-7,12H,1-3,8-9H2,(H2,20,23)/t12-/m1/s1. The van der Waals surface area contributed by atoms with Gasteiger partial charge in [0.1, 0.15) is 6.04 Å². The van der Waals surface area contributed by atoms with Crippen LogP contribution in [0.2, 0.25) is 0 Å². The number of hydrogen-bond donors (Lipinski definition) is 1. The van der Waals surface area contributed by atoms with Crippen molar-refractivity contribution in [1.29, 1.82) is 0 Å². The summed E-state index contributed by atoms with van der Waals surface area (Å²) in [5, 5.41) is 0. The van der Waals surface area contributed by atoms with Gasteiger partial charge in [-0.1, -0.05) is 0 Å². The lowest BCUT2D eigenvalue weighted by Crippen LogP contribution is -2.51. The molecule has 1 aliphatic heterocycles. The molecule has 0 aromatic heterocycles. The fourth-order valence-electron chi connectivity index (χ4n) is 2.61. The van der Waals surface area contributed by atoms with E-state index in [1.165, 1.54) is 17.0 Å². The van der Waals surface area contributed by atoms with Crippen molar-refractivity contribution in [2.45, 2.75) is 35.7 Å². The molecule has 6 nitrogen and oxygen atoms in total. The van der Waals surface area contributed by atoms with Crippen LogP contribution in [-0.4, -0.2) is 47.4 Å². The van der Waals surface area contributed by atoms with E-state index in [1.54, 1.807) is 0 Å². The number of nitrogens with zero attached hydrogens (tertiary/aromatic N) is 1. The van der Waals surface area contributed by atoms with Crippen molar-refractivity contribution in [1.82, 2.24) is 4.90 Å². The van der Waals surface area contributed by atoms with Crippen LogP contribution in [-0.2, 0) is 14.3 Å². The lowest BCUT2D eigenvalue weighted by atomic mass is 10.0. The van der Waals surface area contributed by atoms with Crippen LogP contribution in [0.1, 0.15) is 29.6 Å².